The molecule has 21 heavy (non-hydrogen) atoms. The van der Waals surface area contributed by atoms with Gasteiger partial charge in [-0.15, -0.1) is 0 Å². The van der Waals surface area contributed by atoms with Crippen molar-refractivity contribution < 1.29 is 14.4 Å². The predicted octanol–water partition coefficient (Wildman–Crippen LogP) is 2.73. The van der Waals surface area contributed by atoms with Crippen molar-refractivity contribution in [2.75, 3.05) is 4.90 Å². The topological polar surface area (TPSA) is 54.5 Å². The zero-order valence-corrected chi connectivity index (χ0v) is 12.1. The molecule has 1 saturated heterocycles. The van der Waals surface area contributed by atoms with Crippen molar-refractivity contribution in [3.8, 4) is 0 Å². The van der Waals surface area contributed by atoms with E-state index in [1.807, 2.05) is 6.92 Å². The SMILES string of the molecule is CC(=O)c1ccc(N2C(=O)[C@H]3CC=C(C)C[C@@H]3C2=O)cc1. The number of ketones is 1. The summed E-state index contributed by atoms with van der Waals surface area (Å²) < 4.78 is 0. The molecule has 2 atom stereocenters. The molecule has 0 N–H and O–H groups in total. The van der Waals surface area contributed by atoms with Crippen LogP contribution in [0, 0.1) is 11.8 Å². The maximum atomic E-state index is 12.5. The highest BCUT2D eigenvalue weighted by atomic mass is 16.2. The standard InChI is InChI=1S/C17H17NO3/c1-10-3-8-14-15(9-10)17(21)18(16(14)20)13-6-4-12(5-7-13)11(2)19/h3-7,14-15H,8-9H2,1-2H3/t14-,15-/m0/s1. The molecule has 108 valence electrons. The average molecular weight is 283 g/mol. The molecule has 0 saturated carbocycles. The van der Waals surface area contributed by atoms with Crippen molar-refractivity contribution >= 4 is 23.3 Å². The fraction of sp³-hybridized carbons (Fsp3) is 0.353. The Balaban J connectivity index is 1.91. The number of fused-ring (bicyclic) bond motifs is 1. The first-order chi connectivity index (χ1) is 9.99. The Bertz CT molecular complexity index is 657. The molecule has 2 amide bonds. The summed E-state index contributed by atoms with van der Waals surface area (Å²) in [5, 5.41) is 0. The molecule has 0 radical (unpaired) electrons. The lowest BCUT2D eigenvalue weighted by Crippen LogP contribution is -2.30. The summed E-state index contributed by atoms with van der Waals surface area (Å²) in [6.45, 7) is 3.49. The first kappa shape index (κ1) is 13.7. The Morgan fingerprint density at radius 2 is 1.71 bits per heavy atom. The monoisotopic (exact) mass is 283 g/mol. The second kappa shape index (κ2) is 4.95. The zero-order valence-electron chi connectivity index (χ0n) is 12.1. The fourth-order valence-electron chi connectivity index (χ4n) is 3.14. The maximum Gasteiger partial charge on any atom is 0.238 e. The maximum absolute atomic E-state index is 12.5. The molecule has 1 heterocycles. The molecule has 0 unspecified atom stereocenters. The average Bonchev–Trinajstić information content (AvgIpc) is 2.70. The van der Waals surface area contributed by atoms with Crippen LogP contribution in [0.3, 0.4) is 0 Å². The van der Waals surface area contributed by atoms with Crippen molar-refractivity contribution in [2.24, 2.45) is 11.8 Å². The van der Waals surface area contributed by atoms with Crippen LogP contribution < -0.4 is 4.90 Å². The highest BCUT2D eigenvalue weighted by molar-refractivity contribution is 6.22. The van der Waals surface area contributed by atoms with Crippen LogP contribution in [0.15, 0.2) is 35.9 Å². The number of benzene rings is 1. The van der Waals surface area contributed by atoms with Gasteiger partial charge < -0.3 is 0 Å². The van der Waals surface area contributed by atoms with Gasteiger partial charge in [-0.25, -0.2) is 0 Å². The van der Waals surface area contributed by atoms with Gasteiger partial charge in [-0.3, -0.25) is 19.3 Å². The molecule has 2 aliphatic rings. The number of rotatable bonds is 2. The zero-order chi connectivity index (χ0) is 15.1. The minimum atomic E-state index is -0.228. The number of Topliss-reactive ketones (excluding diaryl/α,β-unsaturated/α-hetero) is 1. The number of anilines is 1. The molecular formula is C17H17NO3. The van der Waals surface area contributed by atoms with Crippen molar-refractivity contribution in [2.45, 2.75) is 26.7 Å². The van der Waals surface area contributed by atoms with Gasteiger partial charge in [0.2, 0.25) is 11.8 Å². The van der Waals surface area contributed by atoms with Crippen LogP contribution in [0.25, 0.3) is 0 Å². The Kier molecular flexibility index (Phi) is 3.24. The summed E-state index contributed by atoms with van der Waals surface area (Å²) in [5.41, 5.74) is 2.31. The van der Waals surface area contributed by atoms with Gasteiger partial charge in [-0.1, -0.05) is 11.6 Å². The summed E-state index contributed by atoms with van der Waals surface area (Å²) in [7, 11) is 0. The molecule has 0 aromatic heterocycles. The van der Waals surface area contributed by atoms with Crippen LogP contribution in [0.1, 0.15) is 37.0 Å². The van der Waals surface area contributed by atoms with Gasteiger partial charge in [0.1, 0.15) is 0 Å². The highest BCUT2D eigenvalue weighted by Gasteiger charge is 2.48. The highest BCUT2D eigenvalue weighted by Crippen LogP contribution is 2.39. The molecule has 0 bridgehead atoms. The third-order valence-corrected chi connectivity index (χ3v) is 4.36. The van der Waals surface area contributed by atoms with Gasteiger partial charge in [-0.2, -0.15) is 0 Å². The van der Waals surface area contributed by atoms with Crippen molar-refractivity contribution in [1.82, 2.24) is 0 Å². The summed E-state index contributed by atoms with van der Waals surface area (Å²) in [5.74, 6) is -0.727. The van der Waals surface area contributed by atoms with E-state index in [0.717, 1.165) is 0 Å². The van der Waals surface area contributed by atoms with Gasteiger partial charge >= 0.3 is 0 Å². The van der Waals surface area contributed by atoms with E-state index in [2.05, 4.69) is 6.08 Å². The Labute approximate surface area is 123 Å². The summed E-state index contributed by atoms with van der Waals surface area (Å²) in [6.07, 6.45) is 3.36. The first-order valence-electron chi connectivity index (χ1n) is 7.13. The third-order valence-electron chi connectivity index (χ3n) is 4.36. The molecule has 1 fully saturated rings. The molecular weight excluding hydrogens is 266 g/mol. The van der Waals surface area contributed by atoms with Gasteiger partial charge in [-0.05, 0) is 51.0 Å². The van der Waals surface area contributed by atoms with Crippen molar-refractivity contribution in [3.63, 3.8) is 0 Å². The largest absolute Gasteiger partial charge is 0.295 e. The fourth-order valence-corrected chi connectivity index (χ4v) is 3.14. The Morgan fingerprint density at radius 3 is 2.33 bits per heavy atom. The number of hydrogen-bond donors (Lipinski definition) is 0. The lowest BCUT2D eigenvalue weighted by Gasteiger charge is -2.18. The molecule has 4 heteroatoms. The number of nitrogens with zero attached hydrogens (tertiary/aromatic N) is 1. The van der Waals surface area contributed by atoms with E-state index in [1.165, 1.54) is 17.4 Å². The molecule has 3 rings (SSSR count). The van der Waals surface area contributed by atoms with Gasteiger partial charge in [0.15, 0.2) is 5.78 Å². The molecule has 1 aliphatic heterocycles. The lowest BCUT2D eigenvalue weighted by atomic mass is 9.82. The molecule has 1 aromatic carbocycles. The first-order valence-corrected chi connectivity index (χ1v) is 7.13. The van der Waals surface area contributed by atoms with E-state index in [4.69, 9.17) is 0 Å². The minimum Gasteiger partial charge on any atom is -0.295 e. The van der Waals surface area contributed by atoms with E-state index in [-0.39, 0.29) is 29.4 Å². The number of allylic oxidation sites excluding steroid dienone is 2. The van der Waals surface area contributed by atoms with Crippen molar-refractivity contribution in [1.29, 1.82) is 0 Å². The third kappa shape index (κ3) is 2.20. The summed E-state index contributed by atoms with van der Waals surface area (Å²) in [4.78, 5) is 37.6. The van der Waals surface area contributed by atoms with Crippen LogP contribution in [0.5, 0.6) is 0 Å². The molecule has 4 nitrogen and oxygen atoms in total. The predicted molar refractivity (Wildman–Crippen MR) is 78.9 cm³/mol. The Hall–Kier alpha value is -2.23. The number of carbonyl (C=O) groups excluding carboxylic acids is 3. The molecule has 1 aromatic rings. The van der Waals surface area contributed by atoms with Crippen LogP contribution in [-0.4, -0.2) is 17.6 Å². The normalized spacial score (nSPS) is 24.9. The summed E-state index contributed by atoms with van der Waals surface area (Å²) >= 11 is 0. The van der Waals surface area contributed by atoms with Crippen LogP contribution in [0.2, 0.25) is 0 Å². The van der Waals surface area contributed by atoms with E-state index in [9.17, 15) is 14.4 Å². The van der Waals surface area contributed by atoms with Gasteiger partial charge in [0, 0.05) is 5.56 Å². The van der Waals surface area contributed by atoms with E-state index < -0.39 is 0 Å². The van der Waals surface area contributed by atoms with E-state index in [0.29, 0.717) is 24.1 Å². The van der Waals surface area contributed by atoms with Crippen molar-refractivity contribution in [3.05, 3.63) is 41.5 Å². The Morgan fingerprint density at radius 1 is 1.10 bits per heavy atom. The number of imide groups is 1. The molecule has 0 spiro atoms. The van der Waals surface area contributed by atoms with E-state index >= 15 is 0 Å². The molecule has 1 aliphatic carbocycles. The summed E-state index contributed by atoms with van der Waals surface area (Å²) in [6, 6.07) is 6.65. The van der Waals surface area contributed by atoms with Crippen LogP contribution in [-0.2, 0) is 9.59 Å². The number of amides is 2. The number of carbonyl (C=O) groups is 3. The quantitative estimate of drug-likeness (QED) is 0.476. The lowest BCUT2D eigenvalue weighted by molar-refractivity contribution is -0.122. The van der Waals surface area contributed by atoms with Gasteiger partial charge in [0.25, 0.3) is 0 Å². The van der Waals surface area contributed by atoms with Crippen LogP contribution in [0.4, 0.5) is 5.69 Å². The van der Waals surface area contributed by atoms with Crippen LogP contribution >= 0.6 is 0 Å². The smallest absolute Gasteiger partial charge is 0.238 e. The minimum absolute atomic E-state index is 0.0332. The van der Waals surface area contributed by atoms with Gasteiger partial charge in [0.05, 0.1) is 17.5 Å². The second-order valence-electron chi connectivity index (χ2n) is 5.82. The second-order valence-corrected chi connectivity index (χ2v) is 5.82. The number of hydrogen-bond acceptors (Lipinski definition) is 3. The van der Waals surface area contributed by atoms with E-state index in [1.54, 1.807) is 24.3 Å².